The highest BCUT2D eigenvalue weighted by molar-refractivity contribution is 6.70. The second-order valence-corrected chi connectivity index (χ2v) is 29.5. The molecule has 39 heavy (non-hydrogen) atoms. The molecule has 1 aliphatic heterocycles. The van der Waals surface area contributed by atoms with Crippen molar-refractivity contribution in [1.82, 2.24) is 0 Å². The lowest BCUT2D eigenvalue weighted by atomic mass is 9.59. The Labute approximate surface area is 238 Å². The Morgan fingerprint density at radius 2 is 1.56 bits per heavy atom. The van der Waals surface area contributed by atoms with Crippen molar-refractivity contribution in [2.45, 2.75) is 121 Å². The largest absolute Gasteiger partial charge is 0.469 e. The second-order valence-electron chi connectivity index (χ2n) is 16.2. The Bertz CT molecular complexity index is 1090. The fraction of sp³-hybridized carbons (Fsp3) is 0.862. The first-order valence-corrected chi connectivity index (χ1v) is 24.9. The van der Waals surface area contributed by atoms with Crippen LogP contribution in [0.15, 0.2) is 12.2 Å². The van der Waals surface area contributed by atoms with Crippen molar-refractivity contribution >= 4 is 36.9 Å². The number of hydrogen-bond acceptors (Lipinski definition) is 7. The molecule has 4 saturated carbocycles. The normalized spacial score (nSPS) is 45.2. The van der Waals surface area contributed by atoms with Gasteiger partial charge in [0.2, 0.25) is 0 Å². The lowest BCUT2D eigenvalue weighted by Crippen LogP contribution is -2.60. The van der Waals surface area contributed by atoms with Gasteiger partial charge in [0.05, 0.1) is 30.7 Å². The summed E-state index contributed by atoms with van der Waals surface area (Å²) in [6, 6.07) is 0. The van der Waals surface area contributed by atoms with E-state index in [4.69, 9.17) is 22.8 Å². The molecule has 9 atom stereocenters. The number of carbonyl (C=O) groups is 2. The molecule has 4 aliphatic carbocycles. The predicted octanol–water partition coefficient (Wildman–Crippen LogP) is 5.89. The van der Waals surface area contributed by atoms with Crippen molar-refractivity contribution in [1.29, 1.82) is 0 Å². The van der Waals surface area contributed by atoms with Crippen molar-refractivity contribution in [2.75, 3.05) is 7.11 Å². The topological polar surface area (TPSA) is 80.3 Å². The second kappa shape index (κ2) is 8.63. The number of esters is 2. The van der Waals surface area contributed by atoms with Crippen LogP contribution in [0.5, 0.6) is 0 Å². The average molecular weight is 595 g/mol. The van der Waals surface area contributed by atoms with E-state index in [1.165, 1.54) is 7.11 Å². The van der Waals surface area contributed by atoms with E-state index in [9.17, 15) is 9.59 Å². The average Bonchev–Trinajstić information content (AvgIpc) is 3.20. The first kappa shape index (κ1) is 29.7. The van der Waals surface area contributed by atoms with Gasteiger partial charge in [-0.2, -0.15) is 0 Å². The molecule has 220 valence electrons. The van der Waals surface area contributed by atoms with E-state index < -0.39 is 52.9 Å². The summed E-state index contributed by atoms with van der Waals surface area (Å²) in [5, 5.41) is 0. The van der Waals surface area contributed by atoms with E-state index in [2.05, 4.69) is 65.5 Å². The summed E-state index contributed by atoms with van der Waals surface area (Å²) in [7, 11) is -4.53. The molecule has 7 nitrogen and oxygen atoms in total. The number of fused-ring (bicyclic) bond motifs is 1. The van der Waals surface area contributed by atoms with Crippen LogP contribution in [0.1, 0.15) is 39.0 Å². The van der Waals surface area contributed by atoms with Crippen LogP contribution >= 0.6 is 0 Å². The van der Waals surface area contributed by atoms with Crippen LogP contribution in [0, 0.1) is 28.6 Å². The molecule has 10 heteroatoms. The third-order valence-electron chi connectivity index (χ3n) is 10.2. The van der Waals surface area contributed by atoms with Gasteiger partial charge < -0.3 is 22.8 Å². The maximum absolute atomic E-state index is 14.0. The molecule has 5 rings (SSSR count). The van der Waals surface area contributed by atoms with E-state index in [1.54, 1.807) is 0 Å². The zero-order valence-electron chi connectivity index (χ0n) is 26.0. The van der Waals surface area contributed by atoms with Crippen LogP contribution < -0.4 is 0 Å². The first-order valence-electron chi connectivity index (χ1n) is 14.7. The van der Waals surface area contributed by atoms with Gasteiger partial charge in [0.1, 0.15) is 11.2 Å². The quantitative estimate of drug-likeness (QED) is 0.207. The van der Waals surface area contributed by atoms with Crippen LogP contribution in [-0.2, 0) is 32.3 Å². The minimum absolute atomic E-state index is 0.0309. The molecule has 0 N–H and O–H groups in total. The summed E-state index contributed by atoms with van der Waals surface area (Å²) in [4.78, 5) is 27.9. The molecule has 0 aromatic carbocycles. The van der Waals surface area contributed by atoms with E-state index in [-0.39, 0.29) is 36.0 Å². The highest BCUT2D eigenvalue weighted by Crippen LogP contribution is 2.79. The van der Waals surface area contributed by atoms with Crippen LogP contribution in [0.4, 0.5) is 0 Å². The van der Waals surface area contributed by atoms with E-state index in [1.807, 2.05) is 6.92 Å². The first-order chi connectivity index (χ1) is 17.7. The SMILES string of the molecule is C=C1C[C@]23C[C@@]1(O[Si](C)(C)C)[C@@H](O[Si](C)(C)C)CC2[C@@]12CC[C@H](O[Si](C)(C)C)C(C)(C(=O)O1)C2[C@@H]3C(=O)OC. The van der Waals surface area contributed by atoms with Gasteiger partial charge in [-0.25, -0.2) is 0 Å². The highest BCUT2D eigenvalue weighted by Gasteiger charge is 2.86. The third-order valence-corrected chi connectivity index (χ3v) is 13.2. The summed E-state index contributed by atoms with van der Waals surface area (Å²) in [6.07, 6.45) is 3.01. The fourth-order valence-electron chi connectivity index (χ4n) is 9.57. The highest BCUT2D eigenvalue weighted by atomic mass is 28.4. The predicted molar refractivity (Wildman–Crippen MR) is 158 cm³/mol. The van der Waals surface area contributed by atoms with E-state index >= 15 is 0 Å². The van der Waals surface area contributed by atoms with Gasteiger partial charge in [-0.3, -0.25) is 9.59 Å². The van der Waals surface area contributed by atoms with Gasteiger partial charge in [0.15, 0.2) is 25.0 Å². The number of carbonyl (C=O) groups excluding carboxylic acids is 2. The zero-order chi connectivity index (χ0) is 29.2. The molecule has 0 aromatic heterocycles. The lowest BCUT2D eigenvalue weighted by molar-refractivity contribution is -0.170. The molecule has 0 aromatic rings. The van der Waals surface area contributed by atoms with Crippen molar-refractivity contribution in [3.63, 3.8) is 0 Å². The molecule has 4 bridgehead atoms. The Morgan fingerprint density at radius 3 is 2.10 bits per heavy atom. The molecule has 1 heterocycles. The fourth-order valence-corrected chi connectivity index (χ4v) is 13.4. The Morgan fingerprint density at radius 1 is 0.974 bits per heavy atom. The van der Waals surface area contributed by atoms with Crippen LogP contribution in [0.25, 0.3) is 0 Å². The van der Waals surface area contributed by atoms with Crippen LogP contribution in [-0.4, -0.2) is 67.4 Å². The molecule has 1 saturated heterocycles. The third kappa shape index (κ3) is 4.17. The summed E-state index contributed by atoms with van der Waals surface area (Å²) < 4.78 is 33.0. The molecule has 5 aliphatic rings. The van der Waals surface area contributed by atoms with Crippen LogP contribution in [0.2, 0.25) is 58.9 Å². The Kier molecular flexibility index (Phi) is 6.57. The standard InChI is InChI=1S/C29H50O7Si3/c1-18-16-27-17-29(18,36-39(10,11)12)21(35-38(7,8)9)15-19(27)28-14-13-20(34-37(4,5)6)26(2,25(31)33-28)23(28)22(27)24(30)32-3/h19-23H,1,13-17H2,2-12H3/t19?,20-,21-,22+,23?,26?,27-,28+,29-/m0/s1. The van der Waals surface area contributed by atoms with Gasteiger partial charge in [-0.1, -0.05) is 6.58 Å². The minimum atomic E-state index is -2.04. The van der Waals surface area contributed by atoms with Gasteiger partial charge in [0, 0.05) is 11.8 Å². The molecule has 0 radical (unpaired) electrons. The summed E-state index contributed by atoms with van der Waals surface area (Å²) in [6.45, 7) is 26.4. The monoisotopic (exact) mass is 594 g/mol. The summed E-state index contributed by atoms with van der Waals surface area (Å²) in [5.41, 5.74) is -1.71. The Balaban J connectivity index is 1.70. The number of methoxy groups -OCH3 is 1. The lowest BCUT2D eigenvalue weighted by Gasteiger charge is -2.53. The summed E-state index contributed by atoms with van der Waals surface area (Å²) >= 11 is 0. The van der Waals surface area contributed by atoms with Gasteiger partial charge in [0.25, 0.3) is 0 Å². The molecule has 0 amide bonds. The molecule has 1 spiro atoms. The van der Waals surface area contributed by atoms with Crippen molar-refractivity contribution < 1.29 is 32.3 Å². The van der Waals surface area contributed by atoms with Crippen molar-refractivity contribution in [3.05, 3.63) is 12.2 Å². The summed E-state index contributed by atoms with van der Waals surface area (Å²) in [5.74, 6) is -1.30. The smallest absolute Gasteiger partial charge is 0.315 e. The molecule has 3 unspecified atom stereocenters. The Hall–Kier alpha value is -0.789. The maximum Gasteiger partial charge on any atom is 0.315 e. The zero-order valence-corrected chi connectivity index (χ0v) is 29.0. The number of ether oxygens (including phenoxy) is 2. The van der Waals surface area contributed by atoms with Gasteiger partial charge in [-0.15, -0.1) is 0 Å². The number of hydrogen-bond donors (Lipinski definition) is 0. The van der Waals surface area contributed by atoms with E-state index in [0.717, 1.165) is 12.0 Å². The van der Waals surface area contributed by atoms with Gasteiger partial charge >= 0.3 is 11.9 Å². The minimum Gasteiger partial charge on any atom is -0.469 e. The van der Waals surface area contributed by atoms with E-state index in [0.29, 0.717) is 25.7 Å². The van der Waals surface area contributed by atoms with Gasteiger partial charge in [-0.05, 0) is 109 Å². The maximum atomic E-state index is 14.0. The van der Waals surface area contributed by atoms with Crippen molar-refractivity contribution in [3.8, 4) is 0 Å². The van der Waals surface area contributed by atoms with Crippen molar-refractivity contribution in [2.24, 2.45) is 28.6 Å². The molecule has 5 fully saturated rings. The van der Waals surface area contributed by atoms with Crippen LogP contribution in [0.3, 0.4) is 0 Å². The number of rotatable bonds is 7. The molecular weight excluding hydrogens is 545 g/mol. The molecular formula is C29H50O7Si3.